The molecule has 5 nitrogen and oxygen atoms in total. The van der Waals surface area contributed by atoms with Crippen LogP contribution in [0.5, 0.6) is 0 Å². The third kappa shape index (κ3) is 4.15. The number of rotatable bonds is 4. The Hall–Kier alpha value is -3.00. The number of likely N-dealkylation sites (tertiary alicyclic amines) is 1. The van der Waals surface area contributed by atoms with Gasteiger partial charge in [-0.15, -0.1) is 0 Å². The van der Waals surface area contributed by atoms with Crippen molar-refractivity contribution in [3.8, 4) is 6.07 Å². The van der Waals surface area contributed by atoms with Gasteiger partial charge in [0.05, 0.1) is 0 Å². The summed E-state index contributed by atoms with van der Waals surface area (Å²) in [5.41, 5.74) is 1.36. The first kappa shape index (κ1) is 17.8. The van der Waals surface area contributed by atoms with Gasteiger partial charge >= 0.3 is 0 Å². The minimum absolute atomic E-state index is 0.0581. The first-order valence-electron chi connectivity index (χ1n) is 8.94. The SMILES string of the molecule is N#Cc1cc(C(=O)N2CCCCC[C@@H]2CC(=O)c2ccccc2)ccn1. The van der Waals surface area contributed by atoms with Crippen LogP contribution in [0.2, 0.25) is 0 Å². The van der Waals surface area contributed by atoms with Crippen LogP contribution < -0.4 is 0 Å². The minimum Gasteiger partial charge on any atom is -0.335 e. The molecular formula is C21H21N3O2. The van der Waals surface area contributed by atoms with Gasteiger partial charge in [-0.2, -0.15) is 5.26 Å². The maximum atomic E-state index is 13.0. The van der Waals surface area contributed by atoms with E-state index in [2.05, 4.69) is 4.98 Å². The molecular weight excluding hydrogens is 326 g/mol. The summed E-state index contributed by atoms with van der Waals surface area (Å²) in [6, 6.07) is 14.2. The average Bonchev–Trinajstić information content (AvgIpc) is 2.93. The third-order valence-electron chi connectivity index (χ3n) is 4.78. The third-order valence-corrected chi connectivity index (χ3v) is 4.78. The molecule has 3 rings (SSSR count). The van der Waals surface area contributed by atoms with Gasteiger partial charge in [0.1, 0.15) is 11.8 Å². The van der Waals surface area contributed by atoms with Crippen molar-refractivity contribution in [3.05, 3.63) is 65.5 Å². The van der Waals surface area contributed by atoms with E-state index in [4.69, 9.17) is 5.26 Å². The van der Waals surface area contributed by atoms with E-state index in [1.165, 1.54) is 12.3 Å². The predicted molar refractivity (Wildman–Crippen MR) is 97.6 cm³/mol. The number of carbonyl (C=O) groups excluding carboxylic acids is 2. The molecule has 1 aromatic heterocycles. The summed E-state index contributed by atoms with van der Waals surface area (Å²) in [6.45, 7) is 0.635. The molecule has 132 valence electrons. The van der Waals surface area contributed by atoms with Crippen LogP contribution in [0.3, 0.4) is 0 Å². The van der Waals surface area contributed by atoms with Crippen molar-refractivity contribution in [3.63, 3.8) is 0 Å². The summed E-state index contributed by atoms with van der Waals surface area (Å²) >= 11 is 0. The summed E-state index contributed by atoms with van der Waals surface area (Å²) in [5.74, 6) is -0.0700. The van der Waals surface area contributed by atoms with E-state index in [1.54, 1.807) is 6.07 Å². The minimum atomic E-state index is -0.128. The van der Waals surface area contributed by atoms with Crippen LogP contribution in [0.25, 0.3) is 0 Å². The molecule has 0 unspecified atom stereocenters. The second-order valence-electron chi connectivity index (χ2n) is 6.54. The number of Topliss-reactive ketones (excluding diaryl/α,β-unsaturated/α-hetero) is 1. The van der Waals surface area contributed by atoms with Gasteiger partial charge in [-0.1, -0.05) is 43.2 Å². The maximum Gasteiger partial charge on any atom is 0.254 e. The van der Waals surface area contributed by atoms with Crippen LogP contribution >= 0.6 is 0 Å². The summed E-state index contributed by atoms with van der Waals surface area (Å²) in [4.78, 5) is 31.4. The van der Waals surface area contributed by atoms with Crippen molar-refractivity contribution >= 4 is 11.7 Å². The fraction of sp³-hybridized carbons (Fsp3) is 0.333. The lowest BCUT2D eigenvalue weighted by molar-refractivity contribution is 0.0659. The number of benzene rings is 1. The fourth-order valence-corrected chi connectivity index (χ4v) is 3.40. The Balaban J connectivity index is 1.81. The van der Waals surface area contributed by atoms with Crippen LogP contribution in [-0.4, -0.2) is 34.2 Å². The van der Waals surface area contributed by atoms with E-state index in [0.29, 0.717) is 24.1 Å². The predicted octanol–water partition coefficient (Wildman–Crippen LogP) is 3.61. The normalized spacial score (nSPS) is 17.2. The largest absolute Gasteiger partial charge is 0.335 e. The molecule has 1 saturated heterocycles. The Labute approximate surface area is 153 Å². The van der Waals surface area contributed by atoms with Gasteiger partial charge in [0.15, 0.2) is 5.78 Å². The highest BCUT2D eigenvalue weighted by molar-refractivity contribution is 5.98. The first-order chi connectivity index (χ1) is 12.7. The number of nitrogens with zero attached hydrogens (tertiary/aromatic N) is 3. The molecule has 1 amide bonds. The van der Waals surface area contributed by atoms with E-state index in [0.717, 1.165) is 25.7 Å². The van der Waals surface area contributed by atoms with E-state index in [1.807, 2.05) is 41.3 Å². The van der Waals surface area contributed by atoms with Gasteiger partial charge < -0.3 is 4.90 Å². The second-order valence-corrected chi connectivity index (χ2v) is 6.54. The van der Waals surface area contributed by atoms with Crippen LogP contribution in [0.4, 0.5) is 0 Å². The Morgan fingerprint density at radius 3 is 2.69 bits per heavy atom. The Bertz CT molecular complexity index is 827. The Morgan fingerprint density at radius 2 is 1.92 bits per heavy atom. The zero-order valence-corrected chi connectivity index (χ0v) is 14.6. The molecule has 1 aromatic carbocycles. The zero-order valence-electron chi connectivity index (χ0n) is 14.6. The summed E-state index contributed by atoms with van der Waals surface area (Å²) < 4.78 is 0. The zero-order chi connectivity index (χ0) is 18.4. The van der Waals surface area contributed by atoms with Crippen molar-refractivity contribution in [2.45, 2.75) is 38.1 Å². The van der Waals surface area contributed by atoms with Gasteiger partial charge in [-0.3, -0.25) is 9.59 Å². The van der Waals surface area contributed by atoms with E-state index < -0.39 is 0 Å². The van der Waals surface area contributed by atoms with Gasteiger partial charge in [-0.25, -0.2) is 4.98 Å². The molecule has 1 aliphatic heterocycles. The lowest BCUT2D eigenvalue weighted by Crippen LogP contribution is -2.41. The van der Waals surface area contributed by atoms with Crippen LogP contribution in [0.1, 0.15) is 58.5 Å². The highest BCUT2D eigenvalue weighted by Crippen LogP contribution is 2.23. The monoisotopic (exact) mass is 347 g/mol. The van der Waals surface area contributed by atoms with Crippen LogP contribution in [-0.2, 0) is 0 Å². The molecule has 1 aliphatic rings. The molecule has 2 heterocycles. The standard InChI is InChI=1S/C21H21N3O2/c22-15-18-13-17(10-11-23-18)21(26)24-12-6-2-5-9-19(24)14-20(25)16-7-3-1-4-8-16/h1,3-4,7-8,10-11,13,19H,2,5-6,9,12,14H2/t19-/m1/s1. The number of hydrogen-bond donors (Lipinski definition) is 0. The second kappa shape index (κ2) is 8.39. The Kier molecular flexibility index (Phi) is 5.75. The molecule has 0 aliphatic carbocycles. The molecule has 0 spiro atoms. The number of ketones is 1. The number of amides is 1. The molecule has 0 radical (unpaired) electrons. The lowest BCUT2D eigenvalue weighted by atomic mass is 9.99. The fourth-order valence-electron chi connectivity index (χ4n) is 3.40. The quantitative estimate of drug-likeness (QED) is 0.792. The van der Waals surface area contributed by atoms with Crippen molar-refractivity contribution in [1.82, 2.24) is 9.88 Å². The highest BCUT2D eigenvalue weighted by atomic mass is 16.2. The topological polar surface area (TPSA) is 74.1 Å². The molecule has 0 bridgehead atoms. The molecule has 0 N–H and O–H groups in total. The van der Waals surface area contributed by atoms with E-state index >= 15 is 0 Å². The number of carbonyl (C=O) groups is 2. The molecule has 26 heavy (non-hydrogen) atoms. The molecule has 2 aromatic rings. The van der Waals surface area contributed by atoms with Gasteiger partial charge in [0, 0.05) is 36.3 Å². The van der Waals surface area contributed by atoms with Gasteiger partial charge in [0.2, 0.25) is 0 Å². The molecule has 0 saturated carbocycles. The number of aromatic nitrogens is 1. The van der Waals surface area contributed by atoms with Crippen molar-refractivity contribution in [2.24, 2.45) is 0 Å². The summed E-state index contributed by atoms with van der Waals surface area (Å²) in [7, 11) is 0. The number of pyridine rings is 1. The van der Waals surface area contributed by atoms with E-state index in [-0.39, 0.29) is 23.4 Å². The molecule has 5 heteroatoms. The maximum absolute atomic E-state index is 13.0. The average molecular weight is 347 g/mol. The summed E-state index contributed by atoms with van der Waals surface area (Å²) in [5, 5.41) is 9.01. The summed E-state index contributed by atoms with van der Waals surface area (Å²) in [6.07, 6.45) is 5.62. The van der Waals surface area contributed by atoms with Crippen LogP contribution in [0.15, 0.2) is 48.7 Å². The van der Waals surface area contributed by atoms with Gasteiger partial charge in [-0.05, 0) is 25.0 Å². The van der Waals surface area contributed by atoms with Gasteiger partial charge in [0.25, 0.3) is 5.91 Å². The molecule has 1 fully saturated rings. The van der Waals surface area contributed by atoms with Crippen molar-refractivity contribution in [2.75, 3.05) is 6.54 Å². The Morgan fingerprint density at radius 1 is 1.12 bits per heavy atom. The number of hydrogen-bond acceptors (Lipinski definition) is 4. The van der Waals surface area contributed by atoms with Crippen molar-refractivity contribution < 1.29 is 9.59 Å². The lowest BCUT2D eigenvalue weighted by Gasteiger charge is -2.30. The van der Waals surface area contributed by atoms with Crippen molar-refractivity contribution in [1.29, 1.82) is 5.26 Å². The highest BCUT2D eigenvalue weighted by Gasteiger charge is 2.28. The smallest absolute Gasteiger partial charge is 0.254 e. The first-order valence-corrected chi connectivity index (χ1v) is 8.94. The van der Waals surface area contributed by atoms with E-state index in [9.17, 15) is 9.59 Å². The number of nitriles is 1. The molecule has 1 atom stereocenters. The van der Waals surface area contributed by atoms with Crippen LogP contribution in [0, 0.1) is 11.3 Å².